The molecule has 0 bridgehead atoms. The Hall–Kier alpha value is -1.59. The monoisotopic (exact) mass is 350 g/mol. The Bertz CT molecular complexity index is 516. The van der Waals surface area contributed by atoms with E-state index in [-0.39, 0.29) is 30.2 Å². The molecule has 0 aromatic rings. The van der Waals surface area contributed by atoms with Gasteiger partial charge in [-0.15, -0.1) is 0 Å². The molecule has 25 heavy (non-hydrogen) atoms. The Kier molecular flexibility index (Phi) is 5.97. The van der Waals surface area contributed by atoms with Crippen molar-refractivity contribution in [1.29, 1.82) is 0 Å². The van der Waals surface area contributed by atoms with Gasteiger partial charge >= 0.3 is 5.97 Å². The van der Waals surface area contributed by atoms with E-state index < -0.39 is 11.9 Å². The van der Waals surface area contributed by atoms with E-state index in [4.69, 9.17) is 0 Å². The first-order valence-electron chi connectivity index (χ1n) is 9.89. The largest absolute Gasteiger partial charge is 0.481 e. The summed E-state index contributed by atoms with van der Waals surface area (Å²) in [7, 11) is 0. The minimum atomic E-state index is -0.817. The van der Waals surface area contributed by atoms with Crippen LogP contribution in [0.25, 0.3) is 0 Å². The number of hydrogen-bond acceptors (Lipinski definition) is 3. The van der Waals surface area contributed by atoms with Crippen LogP contribution in [0, 0.1) is 11.8 Å². The first-order chi connectivity index (χ1) is 12.1. The summed E-state index contributed by atoms with van der Waals surface area (Å²) < 4.78 is 0. The zero-order chi connectivity index (χ0) is 17.8. The van der Waals surface area contributed by atoms with Gasteiger partial charge in [0.2, 0.25) is 11.8 Å². The molecule has 1 aliphatic heterocycles. The number of nitrogens with one attached hydrogen (secondary N) is 1. The zero-order valence-electron chi connectivity index (χ0n) is 14.9. The van der Waals surface area contributed by atoms with Crippen LogP contribution in [0.5, 0.6) is 0 Å². The summed E-state index contributed by atoms with van der Waals surface area (Å²) in [6.45, 7) is 0.500. The van der Waals surface area contributed by atoms with E-state index in [1.165, 1.54) is 0 Å². The minimum Gasteiger partial charge on any atom is -0.481 e. The van der Waals surface area contributed by atoms with Crippen LogP contribution in [0.15, 0.2) is 0 Å². The van der Waals surface area contributed by atoms with E-state index >= 15 is 0 Å². The number of carboxylic acids is 1. The summed E-state index contributed by atoms with van der Waals surface area (Å²) in [6.07, 6.45) is 10.0. The SMILES string of the molecule is O=C(NC1CCCCCCC1C(=O)O)C1CC(=O)N(C2CCCC2)C1. The first kappa shape index (κ1) is 18.2. The average molecular weight is 350 g/mol. The fourth-order valence-corrected chi connectivity index (χ4v) is 4.73. The maximum Gasteiger partial charge on any atom is 0.308 e. The van der Waals surface area contributed by atoms with Crippen LogP contribution in [0.3, 0.4) is 0 Å². The number of carboxylic acid groups (broad SMARTS) is 1. The Labute approximate surface area is 149 Å². The summed E-state index contributed by atoms with van der Waals surface area (Å²) in [6, 6.07) is -0.000561. The van der Waals surface area contributed by atoms with Crippen molar-refractivity contribution in [2.45, 2.75) is 82.7 Å². The molecule has 0 aromatic heterocycles. The molecular weight excluding hydrogens is 320 g/mol. The van der Waals surface area contributed by atoms with E-state index in [1.807, 2.05) is 4.90 Å². The van der Waals surface area contributed by atoms with Crippen molar-refractivity contribution in [2.24, 2.45) is 11.8 Å². The Morgan fingerprint density at radius 2 is 1.60 bits per heavy atom. The molecule has 0 spiro atoms. The molecule has 1 saturated heterocycles. The van der Waals surface area contributed by atoms with Crippen LogP contribution < -0.4 is 5.32 Å². The van der Waals surface area contributed by atoms with Gasteiger partial charge in [-0.1, -0.05) is 38.5 Å². The lowest BCUT2D eigenvalue weighted by Crippen LogP contribution is -2.46. The van der Waals surface area contributed by atoms with Crippen molar-refractivity contribution in [2.75, 3.05) is 6.54 Å². The van der Waals surface area contributed by atoms with E-state index in [0.29, 0.717) is 19.0 Å². The molecule has 3 unspecified atom stereocenters. The topological polar surface area (TPSA) is 86.7 Å². The van der Waals surface area contributed by atoms with Crippen LogP contribution in [0.4, 0.5) is 0 Å². The van der Waals surface area contributed by atoms with Crippen LogP contribution in [-0.2, 0) is 14.4 Å². The molecule has 0 aromatic carbocycles. The second-order valence-electron chi connectivity index (χ2n) is 7.94. The van der Waals surface area contributed by atoms with Crippen molar-refractivity contribution >= 4 is 17.8 Å². The molecule has 2 amide bonds. The van der Waals surface area contributed by atoms with Gasteiger partial charge in [0, 0.05) is 25.0 Å². The third-order valence-corrected chi connectivity index (χ3v) is 6.21. The molecule has 3 fully saturated rings. The highest BCUT2D eigenvalue weighted by Gasteiger charge is 2.40. The number of aliphatic carboxylic acids is 1. The van der Waals surface area contributed by atoms with Gasteiger partial charge < -0.3 is 15.3 Å². The molecule has 3 atom stereocenters. The van der Waals surface area contributed by atoms with Gasteiger partial charge in [0.1, 0.15) is 0 Å². The third kappa shape index (κ3) is 4.33. The summed E-state index contributed by atoms with van der Waals surface area (Å²) in [4.78, 5) is 38.5. The van der Waals surface area contributed by atoms with E-state index in [0.717, 1.165) is 57.8 Å². The molecule has 140 valence electrons. The lowest BCUT2D eigenvalue weighted by molar-refractivity contribution is -0.144. The van der Waals surface area contributed by atoms with Crippen LogP contribution in [0.1, 0.15) is 70.6 Å². The molecule has 3 rings (SSSR count). The lowest BCUT2D eigenvalue weighted by atomic mass is 9.86. The summed E-state index contributed by atoms with van der Waals surface area (Å²) in [5, 5.41) is 12.5. The Morgan fingerprint density at radius 1 is 0.960 bits per heavy atom. The van der Waals surface area contributed by atoms with Crippen molar-refractivity contribution in [1.82, 2.24) is 10.2 Å². The van der Waals surface area contributed by atoms with E-state index in [1.54, 1.807) is 0 Å². The van der Waals surface area contributed by atoms with Crippen molar-refractivity contribution < 1.29 is 19.5 Å². The fourth-order valence-electron chi connectivity index (χ4n) is 4.73. The molecular formula is C19H30N2O4. The van der Waals surface area contributed by atoms with Gasteiger partial charge in [0.15, 0.2) is 0 Å². The fraction of sp³-hybridized carbons (Fsp3) is 0.842. The van der Waals surface area contributed by atoms with E-state index in [2.05, 4.69) is 5.32 Å². The predicted octanol–water partition coefficient (Wildman–Crippen LogP) is 2.32. The molecule has 1 heterocycles. The standard InChI is InChI=1S/C19H30N2O4/c22-17-11-13(12-21(17)14-7-5-6-8-14)18(23)20-16-10-4-2-1-3-9-15(16)19(24)25/h13-16H,1-12H2,(H,20,23)(H,24,25). The molecule has 2 N–H and O–H groups in total. The van der Waals surface area contributed by atoms with Crippen molar-refractivity contribution in [3.63, 3.8) is 0 Å². The molecule has 6 heteroatoms. The van der Waals surface area contributed by atoms with E-state index in [9.17, 15) is 19.5 Å². The lowest BCUT2D eigenvalue weighted by Gasteiger charge is -2.28. The Morgan fingerprint density at radius 3 is 2.28 bits per heavy atom. The maximum absolute atomic E-state index is 12.7. The predicted molar refractivity (Wildman–Crippen MR) is 92.8 cm³/mol. The molecule has 2 aliphatic carbocycles. The van der Waals surface area contributed by atoms with Crippen LogP contribution in [0.2, 0.25) is 0 Å². The second kappa shape index (κ2) is 8.19. The number of carbonyl (C=O) groups excluding carboxylic acids is 2. The van der Waals surface area contributed by atoms with Gasteiger partial charge in [-0.3, -0.25) is 14.4 Å². The maximum atomic E-state index is 12.7. The van der Waals surface area contributed by atoms with Gasteiger partial charge in [0.05, 0.1) is 11.8 Å². The third-order valence-electron chi connectivity index (χ3n) is 6.21. The highest BCUT2D eigenvalue weighted by molar-refractivity contribution is 5.89. The van der Waals surface area contributed by atoms with Gasteiger partial charge in [-0.2, -0.15) is 0 Å². The molecule has 2 saturated carbocycles. The minimum absolute atomic E-state index is 0.0829. The number of amides is 2. The highest BCUT2D eigenvalue weighted by atomic mass is 16.4. The summed E-state index contributed by atoms with van der Waals surface area (Å²) in [5.74, 6) is -1.70. The molecule has 0 radical (unpaired) electrons. The van der Waals surface area contributed by atoms with Crippen LogP contribution in [-0.4, -0.2) is 46.4 Å². The van der Waals surface area contributed by atoms with Crippen molar-refractivity contribution in [3.05, 3.63) is 0 Å². The number of hydrogen-bond donors (Lipinski definition) is 2. The van der Waals surface area contributed by atoms with Crippen LogP contribution >= 0.6 is 0 Å². The Balaban J connectivity index is 1.60. The number of nitrogens with zero attached hydrogens (tertiary/aromatic N) is 1. The smallest absolute Gasteiger partial charge is 0.308 e. The second-order valence-corrected chi connectivity index (χ2v) is 7.94. The summed E-state index contributed by atoms with van der Waals surface area (Å²) >= 11 is 0. The average Bonchev–Trinajstić information content (AvgIpc) is 3.18. The normalized spacial score (nSPS) is 31.6. The molecule has 6 nitrogen and oxygen atoms in total. The first-order valence-corrected chi connectivity index (χ1v) is 9.89. The number of likely N-dealkylation sites (tertiary alicyclic amines) is 1. The zero-order valence-corrected chi connectivity index (χ0v) is 14.9. The summed E-state index contributed by atoms with van der Waals surface area (Å²) in [5.41, 5.74) is 0. The highest BCUT2D eigenvalue weighted by Crippen LogP contribution is 2.30. The van der Waals surface area contributed by atoms with Gasteiger partial charge in [-0.25, -0.2) is 0 Å². The van der Waals surface area contributed by atoms with Gasteiger partial charge in [-0.05, 0) is 25.7 Å². The quantitative estimate of drug-likeness (QED) is 0.814. The van der Waals surface area contributed by atoms with Crippen molar-refractivity contribution in [3.8, 4) is 0 Å². The van der Waals surface area contributed by atoms with Gasteiger partial charge in [0.25, 0.3) is 0 Å². The molecule has 3 aliphatic rings. The number of carbonyl (C=O) groups is 3. The number of rotatable bonds is 4.